The third-order valence-electron chi connectivity index (χ3n) is 8.86. The molecule has 3 aromatic carbocycles. The van der Waals surface area contributed by atoms with Gasteiger partial charge in [-0.1, -0.05) is 25.1 Å². The summed E-state index contributed by atoms with van der Waals surface area (Å²) >= 11 is 0. The first-order valence-electron chi connectivity index (χ1n) is 14.9. The largest absolute Gasteiger partial charge is 0.488 e. The number of aryl methyl sites for hydroxylation is 1. The molecular formula is C33H32F2N6O4. The summed E-state index contributed by atoms with van der Waals surface area (Å²) in [6, 6.07) is 13.7. The number of halogens is 2. The molecule has 232 valence electrons. The maximum atomic E-state index is 14.4. The number of alkyl carbamates (subject to hydrolysis) is 1. The Labute approximate surface area is 257 Å². The lowest BCUT2D eigenvalue weighted by Gasteiger charge is -2.23. The molecule has 5 aromatic rings. The van der Waals surface area contributed by atoms with E-state index in [0.29, 0.717) is 18.1 Å². The number of hydrogen-bond acceptors (Lipinski definition) is 6. The molecule has 2 aliphatic rings. The number of H-pyrrole nitrogens is 2. The van der Waals surface area contributed by atoms with Crippen molar-refractivity contribution in [2.45, 2.75) is 45.3 Å². The number of aromatic nitrogens is 4. The van der Waals surface area contributed by atoms with Gasteiger partial charge in [0, 0.05) is 29.8 Å². The molecule has 1 saturated heterocycles. The molecule has 4 heterocycles. The Morgan fingerprint density at radius 3 is 2.78 bits per heavy atom. The molecular weight excluding hydrogens is 582 g/mol. The van der Waals surface area contributed by atoms with Gasteiger partial charge in [0.2, 0.25) is 11.8 Å². The molecule has 0 radical (unpaired) electrons. The number of alkyl halides is 2. The molecule has 0 spiro atoms. The maximum Gasteiger partial charge on any atom is 0.407 e. The number of carbonyl (C=O) groups excluding carboxylic acids is 2. The summed E-state index contributed by atoms with van der Waals surface area (Å²) in [7, 11) is 1.18. The van der Waals surface area contributed by atoms with Gasteiger partial charge < -0.3 is 29.7 Å². The normalized spacial score (nSPS) is 17.7. The van der Waals surface area contributed by atoms with Crippen molar-refractivity contribution in [3.05, 3.63) is 65.9 Å². The van der Waals surface area contributed by atoms with Gasteiger partial charge in [-0.05, 0) is 59.7 Å². The fraction of sp³-hybridized carbons (Fsp3) is 0.333. The summed E-state index contributed by atoms with van der Waals surface area (Å²) in [4.78, 5) is 41.7. The summed E-state index contributed by atoms with van der Waals surface area (Å²) in [5.74, 6) is -2.37. The van der Waals surface area contributed by atoms with Crippen LogP contribution in [0, 0.1) is 5.92 Å². The minimum atomic E-state index is -2.98. The molecule has 0 bridgehead atoms. The lowest BCUT2D eigenvalue weighted by atomic mass is 9.92. The number of aromatic amines is 2. The number of hydrogen-bond donors (Lipinski definition) is 3. The zero-order valence-corrected chi connectivity index (χ0v) is 25.0. The van der Waals surface area contributed by atoms with Crippen LogP contribution in [0.4, 0.5) is 13.6 Å². The smallest absolute Gasteiger partial charge is 0.407 e. The van der Waals surface area contributed by atoms with Crippen LogP contribution in [0.5, 0.6) is 5.75 Å². The van der Waals surface area contributed by atoms with Gasteiger partial charge in [0.25, 0.3) is 0 Å². The Morgan fingerprint density at radius 1 is 1.16 bits per heavy atom. The van der Waals surface area contributed by atoms with E-state index in [2.05, 4.69) is 62.3 Å². The lowest BCUT2D eigenvalue weighted by Crippen LogP contribution is -2.41. The molecule has 0 unspecified atom stereocenters. The molecule has 0 saturated carbocycles. The minimum Gasteiger partial charge on any atom is -0.488 e. The van der Waals surface area contributed by atoms with Gasteiger partial charge in [0.1, 0.15) is 30.5 Å². The molecule has 10 nitrogen and oxygen atoms in total. The number of imidazole rings is 2. The van der Waals surface area contributed by atoms with Gasteiger partial charge in [0.15, 0.2) is 0 Å². The second-order valence-corrected chi connectivity index (χ2v) is 11.7. The first-order chi connectivity index (χ1) is 21.6. The fourth-order valence-corrected chi connectivity index (χ4v) is 6.38. The third kappa shape index (κ3) is 5.13. The van der Waals surface area contributed by atoms with Gasteiger partial charge in [-0.15, -0.1) is 0 Å². The first-order valence-corrected chi connectivity index (χ1v) is 14.9. The molecule has 0 aliphatic carbocycles. The average Bonchev–Trinajstić information content (AvgIpc) is 3.80. The second-order valence-electron chi connectivity index (χ2n) is 11.7. The van der Waals surface area contributed by atoms with E-state index in [4.69, 9.17) is 9.72 Å². The van der Waals surface area contributed by atoms with Crippen LogP contribution < -0.4 is 10.1 Å². The number of benzene rings is 3. The zero-order valence-electron chi connectivity index (χ0n) is 25.0. The third-order valence-corrected chi connectivity index (χ3v) is 8.86. The van der Waals surface area contributed by atoms with Gasteiger partial charge in [-0.25, -0.2) is 23.5 Å². The number of likely N-dealkylation sites (tertiary alicyclic amines) is 1. The van der Waals surface area contributed by atoms with Crippen LogP contribution >= 0.6 is 0 Å². The van der Waals surface area contributed by atoms with E-state index in [9.17, 15) is 18.4 Å². The van der Waals surface area contributed by atoms with E-state index in [-0.39, 0.29) is 19.5 Å². The zero-order chi connectivity index (χ0) is 31.5. The van der Waals surface area contributed by atoms with Crippen LogP contribution in [-0.2, 0) is 22.6 Å². The van der Waals surface area contributed by atoms with Gasteiger partial charge in [-0.3, -0.25) is 4.79 Å². The lowest BCUT2D eigenvalue weighted by molar-refractivity contribution is -0.131. The van der Waals surface area contributed by atoms with Crippen molar-refractivity contribution in [1.29, 1.82) is 0 Å². The predicted octanol–water partition coefficient (Wildman–Crippen LogP) is 6.13. The van der Waals surface area contributed by atoms with Crippen LogP contribution in [0.2, 0.25) is 0 Å². The van der Waals surface area contributed by atoms with Gasteiger partial charge in [-0.2, -0.15) is 0 Å². The van der Waals surface area contributed by atoms with Crippen molar-refractivity contribution < 1.29 is 27.8 Å². The highest BCUT2D eigenvalue weighted by molar-refractivity contribution is 6.07. The number of ether oxygens (including phenoxy) is 2. The van der Waals surface area contributed by atoms with E-state index in [1.165, 1.54) is 12.0 Å². The summed E-state index contributed by atoms with van der Waals surface area (Å²) in [5, 5.41) is 4.45. The molecule has 2 amide bonds. The fourth-order valence-electron chi connectivity index (χ4n) is 6.38. The Balaban J connectivity index is 1.17. The molecule has 45 heavy (non-hydrogen) atoms. The maximum absolute atomic E-state index is 14.4. The Hall–Kier alpha value is -5.00. The van der Waals surface area contributed by atoms with Gasteiger partial charge >= 0.3 is 6.09 Å². The van der Waals surface area contributed by atoms with E-state index in [0.717, 1.165) is 69.0 Å². The second kappa shape index (κ2) is 10.9. The molecule has 2 atom stereocenters. The van der Waals surface area contributed by atoms with Crippen LogP contribution in [0.3, 0.4) is 0 Å². The van der Waals surface area contributed by atoms with Crippen molar-refractivity contribution in [3.63, 3.8) is 0 Å². The van der Waals surface area contributed by atoms with Crippen LogP contribution in [0.1, 0.15) is 43.5 Å². The number of methoxy groups -OCH3 is 1. The molecule has 1 fully saturated rings. The molecule has 2 aliphatic heterocycles. The van der Waals surface area contributed by atoms with Crippen molar-refractivity contribution in [2.75, 3.05) is 20.2 Å². The predicted molar refractivity (Wildman–Crippen MR) is 164 cm³/mol. The van der Waals surface area contributed by atoms with E-state index < -0.39 is 29.9 Å². The van der Waals surface area contributed by atoms with Crippen LogP contribution in [-0.4, -0.2) is 63.0 Å². The van der Waals surface area contributed by atoms with Crippen LogP contribution in [0.25, 0.3) is 44.2 Å². The van der Waals surface area contributed by atoms with E-state index in [1.54, 1.807) is 6.20 Å². The highest BCUT2D eigenvalue weighted by Gasteiger charge is 2.46. The van der Waals surface area contributed by atoms with Crippen molar-refractivity contribution >= 4 is 33.8 Å². The molecule has 3 N–H and O–H groups in total. The first kappa shape index (κ1) is 28.8. The minimum absolute atomic E-state index is 0.0352. The Kier molecular flexibility index (Phi) is 6.94. The summed E-state index contributed by atoms with van der Waals surface area (Å²) < 4.78 is 39.5. The number of nitrogens with zero attached hydrogens (tertiary/aromatic N) is 3. The standard InChI is InChI=1S/C33H32F2N6O4/c1-4-28-38-24-8-6-17-10-23-21-7-5-18(9-19(21)16-45-27(23)12-22(17)30(24)40-28)25-13-36-31(39-25)26-11-20(33(2,34)35)15-41(26)29(42)14-37-32(43)44-3/h5-10,12-13,20,26H,4,11,14-16H2,1-3H3,(H,36,39)(H,37,43)(H,38,40)/t20-,26-/m0/s1. The average molecular weight is 615 g/mol. The number of fused-ring (bicyclic) bond motifs is 6. The van der Waals surface area contributed by atoms with Crippen molar-refractivity contribution in [1.82, 2.24) is 30.2 Å². The topological polar surface area (TPSA) is 125 Å². The Bertz CT molecular complexity index is 1960. The highest BCUT2D eigenvalue weighted by atomic mass is 19.3. The SMILES string of the molecule is CCc1nc2c(ccc3cc4c(cc32)OCc2cc(-c3cnc([C@@H]5C[C@H](C(C)(F)F)CN5C(=O)CNC(=O)OC)[nH]3)ccc2-4)[nH]1. The number of nitrogens with one attached hydrogen (secondary N) is 3. The van der Waals surface area contributed by atoms with Crippen LogP contribution in [0.15, 0.2) is 48.7 Å². The quantitative estimate of drug-likeness (QED) is 0.211. The summed E-state index contributed by atoms with van der Waals surface area (Å²) in [6.07, 6.45) is 1.73. The monoisotopic (exact) mass is 614 g/mol. The highest BCUT2D eigenvalue weighted by Crippen LogP contribution is 2.44. The summed E-state index contributed by atoms with van der Waals surface area (Å²) in [5.41, 5.74) is 6.55. The molecule has 7 rings (SSSR count). The summed E-state index contributed by atoms with van der Waals surface area (Å²) in [6.45, 7) is 2.79. The van der Waals surface area contributed by atoms with E-state index in [1.807, 2.05) is 12.1 Å². The molecule has 2 aromatic heterocycles. The number of carbonyl (C=O) groups is 2. The van der Waals surface area contributed by atoms with Crippen molar-refractivity contribution in [2.24, 2.45) is 5.92 Å². The number of rotatable bonds is 6. The Morgan fingerprint density at radius 2 is 2.00 bits per heavy atom. The van der Waals surface area contributed by atoms with E-state index >= 15 is 0 Å². The van der Waals surface area contributed by atoms with Crippen molar-refractivity contribution in [3.8, 4) is 28.1 Å². The number of amides is 2. The molecule has 12 heteroatoms. The van der Waals surface area contributed by atoms with Gasteiger partial charge in [0.05, 0.1) is 36.1 Å².